The van der Waals surface area contributed by atoms with Crippen molar-refractivity contribution in [1.82, 2.24) is 15.5 Å². The first-order valence-electron chi connectivity index (χ1n) is 6.07. The monoisotopic (exact) mass is 275 g/mol. The number of hydrogen-bond donors (Lipinski definition) is 2. The van der Waals surface area contributed by atoms with Crippen LogP contribution in [0.15, 0.2) is 36.4 Å². The number of hydrogen-bond acceptors (Lipinski definition) is 3. The van der Waals surface area contributed by atoms with Crippen LogP contribution in [0.4, 0.5) is 0 Å². The molecule has 0 aliphatic rings. The predicted octanol–water partition coefficient (Wildman–Crippen LogP) is 2.55. The zero-order chi connectivity index (χ0) is 13.7. The summed E-state index contributed by atoms with van der Waals surface area (Å²) in [5, 5.41) is 9.78. The molecule has 0 saturated carbocycles. The molecule has 0 aliphatic heterocycles. The molecular weight excluding hydrogens is 258 g/mol. The fourth-order valence-electron chi connectivity index (χ4n) is 1.84. The molecule has 0 radical (unpaired) electrons. The zero-order valence-corrected chi connectivity index (χ0v) is 11.8. The van der Waals surface area contributed by atoms with Crippen molar-refractivity contribution >= 4 is 17.7 Å². The van der Waals surface area contributed by atoms with Crippen LogP contribution in [0.5, 0.6) is 0 Å². The van der Waals surface area contributed by atoms with Gasteiger partial charge in [0, 0.05) is 11.4 Å². The summed E-state index contributed by atoms with van der Waals surface area (Å²) in [7, 11) is 0. The van der Waals surface area contributed by atoms with Gasteiger partial charge in [0.25, 0.3) is 5.91 Å². The molecule has 1 aromatic carbocycles. The van der Waals surface area contributed by atoms with E-state index in [2.05, 4.69) is 15.5 Å². The number of nitrogens with one attached hydrogen (secondary N) is 2. The number of thioether (sulfide) groups is 1. The number of rotatable bonds is 5. The maximum atomic E-state index is 12.1. The van der Waals surface area contributed by atoms with Crippen LogP contribution in [-0.2, 0) is 0 Å². The van der Waals surface area contributed by atoms with Crippen molar-refractivity contribution in [2.75, 3.05) is 12.0 Å². The standard InChI is InChI=1S/C14H17N3OS/c1-10-8-12(17-16-10)14(18)15-13(9-19-2)11-6-4-3-5-7-11/h3-8,13H,9H2,1-2H3,(H,15,18)(H,16,17)/t13-/m0/s1. The molecule has 0 unspecified atom stereocenters. The smallest absolute Gasteiger partial charge is 0.272 e. The van der Waals surface area contributed by atoms with Gasteiger partial charge in [-0.05, 0) is 24.8 Å². The molecule has 1 aromatic heterocycles. The first-order valence-corrected chi connectivity index (χ1v) is 7.47. The molecule has 1 heterocycles. The number of carbonyl (C=O) groups excluding carboxylic acids is 1. The lowest BCUT2D eigenvalue weighted by molar-refractivity contribution is 0.0935. The first kappa shape index (κ1) is 13.7. The van der Waals surface area contributed by atoms with Gasteiger partial charge in [-0.1, -0.05) is 30.3 Å². The van der Waals surface area contributed by atoms with Crippen LogP contribution in [-0.4, -0.2) is 28.1 Å². The summed E-state index contributed by atoms with van der Waals surface area (Å²) >= 11 is 1.70. The Morgan fingerprint density at radius 2 is 2.16 bits per heavy atom. The van der Waals surface area contributed by atoms with Gasteiger partial charge in [0.15, 0.2) is 0 Å². The minimum Gasteiger partial charge on any atom is -0.343 e. The molecule has 100 valence electrons. The van der Waals surface area contributed by atoms with Crippen LogP contribution in [0.3, 0.4) is 0 Å². The van der Waals surface area contributed by atoms with E-state index in [1.165, 1.54) is 0 Å². The molecule has 0 saturated heterocycles. The van der Waals surface area contributed by atoms with E-state index in [1.54, 1.807) is 17.8 Å². The summed E-state index contributed by atoms with van der Waals surface area (Å²) in [6.45, 7) is 1.88. The van der Waals surface area contributed by atoms with Gasteiger partial charge in [0.1, 0.15) is 5.69 Å². The van der Waals surface area contributed by atoms with E-state index < -0.39 is 0 Å². The molecule has 5 heteroatoms. The normalized spacial score (nSPS) is 12.1. The molecule has 19 heavy (non-hydrogen) atoms. The van der Waals surface area contributed by atoms with Crippen molar-refractivity contribution < 1.29 is 4.79 Å². The third-order valence-corrected chi connectivity index (χ3v) is 3.45. The van der Waals surface area contributed by atoms with Gasteiger partial charge in [-0.25, -0.2) is 0 Å². The third-order valence-electron chi connectivity index (χ3n) is 2.78. The van der Waals surface area contributed by atoms with E-state index in [9.17, 15) is 4.79 Å². The molecule has 2 N–H and O–H groups in total. The van der Waals surface area contributed by atoms with Crippen molar-refractivity contribution in [2.24, 2.45) is 0 Å². The third kappa shape index (κ3) is 3.61. The number of H-pyrrole nitrogens is 1. The Hall–Kier alpha value is -1.75. The molecule has 2 rings (SSSR count). The van der Waals surface area contributed by atoms with Gasteiger partial charge in [0.05, 0.1) is 6.04 Å². The number of amides is 1. The summed E-state index contributed by atoms with van der Waals surface area (Å²) in [6.07, 6.45) is 2.03. The second-order valence-corrected chi connectivity index (χ2v) is 5.24. The summed E-state index contributed by atoms with van der Waals surface area (Å²) in [5.74, 6) is 0.686. The van der Waals surface area contributed by atoms with Crippen LogP contribution < -0.4 is 5.32 Å². The average Bonchev–Trinajstić information content (AvgIpc) is 2.86. The number of aromatic amines is 1. The van der Waals surface area contributed by atoms with Crippen LogP contribution in [0.1, 0.15) is 27.8 Å². The van der Waals surface area contributed by atoms with Gasteiger partial charge in [-0.15, -0.1) is 0 Å². The van der Waals surface area contributed by atoms with Crippen LogP contribution in [0.2, 0.25) is 0 Å². The Labute approximate surface area is 117 Å². The Bertz CT molecular complexity index is 539. The van der Waals surface area contributed by atoms with E-state index in [0.29, 0.717) is 5.69 Å². The van der Waals surface area contributed by atoms with Crippen molar-refractivity contribution in [3.05, 3.63) is 53.3 Å². The highest BCUT2D eigenvalue weighted by Gasteiger charge is 2.16. The number of nitrogens with zero attached hydrogens (tertiary/aromatic N) is 1. The van der Waals surface area contributed by atoms with Crippen LogP contribution >= 0.6 is 11.8 Å². The summed E-state index contributed by atoms with van der Waals surface area (Å²) < 4.78 is 0. The molecular formula is C14H17N3OS. The lowest BCUT2D eigenvalue weighted by atomic mass is 10.1. The number of aromatic nitrogens is 2. The highest BCUT2D eigenvalue weighted by atomic mass is 32.2. The van der Waals surface area contributed by atoms with Gasteiger partial charge in [-0.2, -0.15) is 16.9 Å². The minimum atomic E-state index is -0.146. The SMILES string of the molecule is CSC[C@H](NC(=O)c1cc(C)[nH]n1)c1ccccc1. The van der Waals surface area contributed by atoms with E-state index in [0.717, 1.165) is 17.0 Å². The molecule has 1 atom stereocenters. The summed E-state index contributed by atoms with van der Waals surface area (Å²) in [6, 6.07) is 11.7. The first-order chi connectivity index (χ1) is 9.20. The van der Waals surface area contributed by atoms with Crippen molar-refractivity contribution in [3.63, 3.8) is 0 Å². The van der Waals surface area contributed by atoms with Gasteiger partial charge in [-0.3, -0.25) is 9.89 Å². The second kappa shape index (κ2) is 6.43. The van der Waals surface area contributed by atoms with E-state index in [1.807, 2.05) is 43.5 Å². The molecule has 2 aromatic rings. The molecule has 1 amide bonds. The maximum Gasteiger partial charge on any atom is 0.272 e. The molecule has 0 fully saturated rings. The topological polar surface area (TPSA) is 57.8 Å². The quantitative estimate of drug-likeness (QED) is 0.881. The average molecular weight is 275 g/mol. The number of aryl methyl sites for hydroxylation is 1. The van der Waals surface area contributed by atoms with E-state index in [-0.39, 0.29) is 11.9 Å². The Balaban J connectivity index is 2.11. The largest absolute Gasteiger partial charge is 0.343 e. The fraction of sp³-hybridized carbons (Fsp3) is 0.286. The van der Waals surface area contributed by atoms with E-state index >= 15 is 0 Å². The molecule has 4 nitrogen and oxygen atoms in total. The lowest BCUT2D eigenvalue weighted by Gasteiger charge is -2.17. The predicted molar refractivity (Wildman–Crippen MR) is 78.4 cm³/mol. The van der Waals surface area contributed by atoms with Crippen molar-refractivity contribution in [2.45, 2.75) is 13.0 Å². The van der Waals surface area contributed by atoms with Crippen LogP contribution in [0.25, 0.3) is 0 Å². The highest BCUT2D eigenvalue weighted by Crippen LogP contribution is 2.17. The Morgan fingerprint density at radius 1 is 1.42 bits per heavy atom. The van der Waals surface area contributed by atoms with Gasteiger partial charge < -0.3 is 5.32 Å². The Kier molecular flexibility index (Phi) is 4.63. The fourth-order valence-corrected chi connectivity index (χ4v) is 2.45. The molecule has 0 aliphatic carbocycles. The highest BCUT2D eigenvalue weighted by molar-refractivity contribution is 7.98. The number of carbonyl (C=O) groups is 1. The zero-order valence-electron chi connectivity index (χ0n) is 11.0. The maximum absolute atomic E-state index is 12.1. The minimum absolute atomic E-state index is 0.000654. The molecule has 0 spiro atoms. The van der Waals surface area contributed by atoms with Crippen molar-refractivity contribution in [3.8, 4) is 0 Å². The van der Waals surface area contributed by atoms with E-state index in [4.69, 9.17) is 0 Å². The Morgan fingerprint density at radius 3 is 2.74 bits per heavy atom. The van der Waals surface area contributed by atoms with Gasteiger partial charge in [0.2, 0.25) is 0 Å². The second-order valence-electron chi connectivity index (χ2n) is 4.33. The summed E-state index contributed by atoms with van der Waals surface area (Å²) in [5.41, 5.74) is 2.42. The van der Waals surface area contributed by atoms with Gasteiger partial charge >= 0.3 is 0 Å². The molecule has 0 bridgehead atoms. The van der Waals surface area contributed by atoms with Crippen LogP contribution in [0, 0.1) is 6.92 Å². The lowest BCUT2D eigenvalue weighted by Crippen LogP contribution is -2.30. The van der Waals surface area contributed by atoms with Crippen molar-refractivity contribution in [1.29, 1.82) is 0 Å². The summed E-state index contributed by atoms with van der Waals surface area (Å²) in [4.78, 5) is 12.1. The number of benzene rings is 1.